The van der Waals surface area contributed by atoms with Gasteiger partial charge in [0, 0.05) is 11.3 Å². The van der Waals surface area contributed by atoms with Crippen LogP contribution in [0.1, 0.15) is 17.3 Å². The highest BCUT2D eigenvalue weighted by Crippen LogP contribution is 2.32. The second-order valence-corrected chi connectivity index (χ2v) is 5.83. The van der Waals surface area contributed by atoms with Gasteiger partial charge in [-0.3, -0.25) is 14.4 Å². The molecule has 1 aliphatic heterocycles. The third kappa shape index (κ3) is 4.17. The van der Waals surface area contributed by atoms with Crippen LogP contribution in [0.2, 0.25) is 0 Å². The maximum atomic E-state index is 12.1. The summed E-state index contributed by atoms with van der Waals surface area (Å²) in [6.07, 6.45) is 0.130. The fourth-order valence-electron chi connectivity index (χ4n) is 2.50. The molecule has 0 saturated heterocycles. The molecule has 140 valence electrons. The van der Waals surface area contributed by atoms with E-state index in [0.29, 0.717) is 40.5 Å². The third-order valence-electron chi connectivity index (χ3n) is 3.88. The first-order valence-corrected chi connectivity index (χ1v) is 8.17. The number of hydrogen-bond donors (Lipinski definition) is 2. The van der Waals surface area contributed by atoms with Gasteiger partial charge in [0.25, 0.3) is 11.8 Å². The van der Waals surface area contributed by atoms with E-state index >= 15 is 0 Å². The summed E-state index contributed by atoms with van der Waals surface area (Å²) in [5.41, 5.74) is 1.42. The summed E-state index contributed by atoms with van der Waals surface area (Å²) in [6.45, 7) is 1.40. The molecular formula is C19H18N2O6. The topological polar surface area (TPSA) is 103 Å². The predicted octanol–water partition coefficient (Wildman–Crippen LogP) is 2.24. The third-order valence-corrected chi connectivity index (χ3v) is 3.88. The van der Waals surface area contributed by atoms with Crippen LogP contribution in [0.15, 0.2) is 36.4 Å². The van der Waals surface area contributed by atoms with Crippen molar-refractivity contribution in [2.45, 2.75) is 13.0 Å². The van der Waals surface area contributed by atoms with Crippen molar-refractivity contribution in [1.82, 2.24) is 0 Å². The number of amides is 2. The molecule has 0 saturated carbocycles. The fraction of sp³-hybridized carbons (Fsp3) is 0.211. The molecule has 27 heavy (non-hydrogen) atoms. The zero-order chi connectivity index (χ0) is 19.4. The van der Waals surface area contributed by atoms with E-state index < -0.39 is 12.0 Å². The maximum Gasteiger partial charge on any atom is 0.265 e. The van der Waals surface area contributed by atoms with Gasteiger partial charge in [0.05, 0.1) is 12.8 Å². The Morgan fingerprint density at radius 3 is 2.81 bits per heavy atom. The normalized spacial score (nSPS) is 15.0. The van der Waals surface area contributed by atoms with Crippen molar-refractivity contribution in [1.29, 1.82) is 0 Å². The number of anilines is 2. The lowest BCUT2D eigenvalue weighted by atomic mass is 10.2. The van der Waals surface area contributed by atoms with Gasteiger partial charge in [-0.1, -0.05) is 0 Å². The van der Waals surface area contributed by atoms with Crippen molar-refractivity contribution >= 4 is 29.5 Å². The van der Waals surface area contributed by atoms with Crippen LogP contribution < -0.4 is 24.8 Å². The van der Waals surface area contributed by atoms with Crippen LogP contribution >= 0.6 is 0 Å². The minimum Gasteiger partial charge on any atom is -0.493 e. The SMILES string of the molecule is COc1cc(C=O)ccc1OCC(=O)Nc1ccc2c(c1)NC(=O)[C@H](C)O2. The lowest BCUT2D eigenvalue weighted by Gasteiger charge is -2.23. The molecule has 2 aromatic carbocycles. The first kappa shape index (κ1) is 18.2. The van der Waals surface area contributed by atoms with Crippen molar-refractivity contribution in [2.24, 2.45) is 0 Å². The van der Waals surface area contributed by atoms with Crippen LogP contribution in [-0.2, 0) is 9.59 Å². The van der Waals surface area contributed by atoms with Crippen molar-refractivity contribution in [3.63, 3.8) is 0 Å². The Bertz CT molecular complexity index is 896. The number of ether oxygens (including phenoxy) is 3. The highest BCUT2D eigenvalue weighted by atomic mass is 16.5. The molecule has 1 atom stereocenters. The van der Waals surface area contributed by atoms with Gasteiger partial charge in [-0.15, -0.1) is 0 Å². The average molecular weight is 370 g/mol. The molecule has 0 aromatic heterocycles. The molecular weight excluding hydrogens is 352 g/mol. The van der Waals surface area contributed by atoms with Crippen LogP contribution in [-0.4, -0.2) is 37.9 Å². The Kier molecular flexibility index (Phi) is 5.25. The maximum absolute atomic E-state index is 12.1. The van der Waals surface area contributed by atoms with Crippen LogP contribution in [0.3, 0.4) is 0 Å². The highest BCUT2D eigenvalue weighted by molar-refractivity contribution is 5.99. The second-order valence-electron chi connectivity index (χ2n) is 5.83. The molecule has 0 spiro atoms. The van der Waals surface area contributed by atoms with Gasteiger partial charge in [-0.05, 0) is 43.3 Å². The van der Waals surface area contributed by atoms with Gasteiger partial charge in [0.2, 0.25) is 0 Å². The van der Waals surface area contributed by atoms with Gasteiger partial charge in [0.15, 0.2) is 24.2 Å². The largest absolute Gasteiger partial charge is 0.493 e. The number of methoxy groups -OCH3 is 1. The van der Waals surface area contributed by atoms with E-state index in [0.717, 1.165) is 0 Å². The number of rotatable bonds is 6. The molecule has 0 unspecified atom stereocenters. The van der Waals surface area contributed by atoms with E-state index in [1.54, 1.807) is 37.3 Å². The minimum absolute atomic E-state index is 0.250. The van der Waals surface area contributed by atoms with Crippen molar-refractivity contribution in [3.05, 3.63) is 42.0 Å². The Morgan fingerprint density at radius 1 is 1.26 bits per heavy atom. The molecule has 0 radical (unpaired) electrons. The smallest absolute Gasteiger partial charge is 0.265 e. The van der Waals surface area contributed by atoms with Crippen molar-refractivity contribution in [2.75, 3.05) is 24.4 Å². The summed E-state index contributed by atoms with van der Waals surface area (Å²) in [5.74, 6) is 0.595. The zero-order valence-corrected chi connectivity index (χ0v) is 14.8. The Balaban J connectivity index is 1.63. The quantitative estimate of drug-likeness (QED) is 0.756. The summed E-state index contributed by atoms with van der Waals surface area (Å²) in [6, 6.07) is 9.59. The number of benzene rings is 2. The Hall–Kier alpha value is -3.55. The number of carbonyl (C=O) groups is 3. The van der Waals surface area contributed by atoms with E-state index in [1.165, 1.54) is 13.2 Å². The van der Waals surface area contributed by atoms with Gasteiger partial charge in [-0.25, -0.2) is 0 Å². The molecule has 8 heteroatoms. The van der Waals surface area contributed by atoms with Gasteiger partial charge < -0.3 is 24.8 Å². The van der Waals surface area contributed by atoms with E-state index in [2.05, 4.69) is 10.6 Å². The van der Waals surface area contributed by atoms with Crippen LogP contribution in [0.5, 0.6) is 17.2 Å². The van der Waals surface area contributed by atoms with E-state index in [1.807, 2.05) is 0 Å². The zero-order valence-electron chi connectivity index (χ0n) is 14.8. The minimum atomic E-state index is -0.563. The van der Waals surface area contributed by atoms with E-state index in [9.17, 15) is 14.4 Å². The number of aldehydes is 1. The Morgan fingerprint density at radius 2 is 2.07 bits per heavy atom. The second kappa shape index (κ2) is 7.77. The van der Waals surface area contributed by atoms with E-state index in [-0.39, 0.29) is 12.5 Å². The molecule has 0 fully saturated rings. The first-order chi connectivity index (χ1) is 13.0. The molecule has 2 aromatic rings. The van der Waals surface area contributed by atoms with Gasteiger partial charge in [-0.2, -0.15) is 0 Å². The predicted molar refractivity (Wildman–Crippen MR) is 97.7 cm³/mol. The van der Waals surface area contributed by atoms with Crippen molar-refractivity contribution < 1.29 is 28.6 Å². The summed E-state index contributed by atoms with van der Waals surface area (Å²) < 4.78 is 16.1. The van der Waals surface area contributed by atoms with Gasteiger partial charge >= 0.3 is 0 Å². The lowest BCUT2D eigenvalue weighted by Crippen LogP contribution is -2.34. The number of hydrogen-bond acceptors (Lipinski definition) is 6. The summed E-state index contributed by atoms with van der Waals surface area (Å²) in [4.78, 5) is 34.6. The van der Waals surface area contributed by atoms with Crippen molar-refractivity contribution in [3.8, 4) is 17.2 Å². The lowest BCUT2D eigenvalue weighted by molar-refractivity contribution is -0.122. The first-order valence-electron chi connectivity index (χ1n) is 8.17. The van der Waals surface area contributed by atoms with Gasteiger partial charge in [0.1, 0.15) is 12.0 Å². The molecule has 8 nitrogen and oxygen atoms in total. The molecule has 2 amide bonds. The molecule has 1 aliphatic rings. The summed E-state index contributed by atoms with van der Waals surface area (Å²) in [5, 5.41) is 5.40. The standard InChI is InChI=1S/C19H18N2O6/c1-11-19(24)21-14-8-13(4-6-15(14)27-11)20-18(23)10-26-16-5-3-12(9-22)7-17(16)25-2/h3-9,11H,10H2,1-2H3,(H,20,23)(H,21,24)/t11-/m0/s1. The average Bonchev–Trinajstić information content (AvgIpc) is 2.67. The van der Waals surface area contributed by atoms with Crippen LogP contribution in [0.4, 0.5) is 11.4 Å². The Labute approximate surface area is 155 Å². The highest BCUT2D eigenvalue weighted by Gasteiger charge is 2.23. The van der Waals surface area contributed by atoms with Crippen LogP contribution in [0, 0.1) is 0 Å². The molecule has 2 N–H and O–H groups in total. The summed E-state index contributed by atoms with van der Waals surface area (Å²) >= 11 is 0. The number of nitrogens with one attached hydrogen (secondary N) is 2. The number of carbonyl (C=O) groups excluding carboxylic acids is 3. The monoisotopic (exact) mass is 370 g/mol. The number of fused-ring (bicyclic) bond motifs is 1. The molecule has 0 bridgehead atoms. The van der Waals surface area contributed by atoms with Crippen LogP contribution in [0.25, 0.3) is 0 Å². The molecule has 3 rings (SSSR count). The molecule has 1 heterocycles. The summed E-state index contributed by atoms with van der Waals surface area (Å²) in [7, 11) is 1.45. The fourth-order valence-corrected chi connectivity index (χ4v) is 2.50. The molecule has 0 aliphatic carbocycles. The van der Waals surface area contributed by atoms with E-state index in [4.69, 9.17) is 14.2 Å².